The SMILES string of the molecule is CCC(C)C(NC(=O)C(CC(N)=O)NC(=O)C(N)Cc1ccccc1)C(=O)NC(CCC(=O)O)C(=O)O. The Morgan fingerprint density at radius 2 is 1.49 bits per heavy atom. The summed E-state index contributed by atoms with van der Waals surface area (Å²) in [6, 6.07) is 3.70. The van der Waals surface area contributed by atoms with Gasteiger partial charge in [0, 0.05) is 6.42 Å². The smallest absolute Gasteiger partial charge is 0.326 e. The van der Waals surface area contributed by atoms with Crippen LogP contribution in [-0.4, -0.2) is 69.9 Å². The summed E-state index contributed by atoms with van der Waals surface area (Å²) in [6.07, 6.45) is -0.853. The van der Waals surface area contributed by atoms with Crippen LogP contribution in [-0.2, 0) is 35.2 Å². The molecule has 0 aliphatic rings. The molecule has 1 rings (SSSR count). The average molecular weight is 522 g/mol. The number of benzene rings is 1. The van der Waals surface area contributed by atoms with Crippen LogP contribution >= 0.6 is 0 Å². The van der Waals surface area contributed by atoms with E-state index in [9.17, 15) is 33.9 Å². The van der Waals surface area contributed by atoms with Crippen molar-refractivity contribution in [1.82, 2.24) is 16.0 Å². The Labute approximate surface area is 214 Å². The van der Waals surface area contributed by atoms with E-state index in [0.29, 0.717) is 6.42 Å². The molecule has 0 aliphatic carbocycles. The van der Waals surface area contributed by atoms with Crippen LogP contribution in [0.3, 0.4) is 0 Å². The summed E-state index contributed by atoms with van der Waals surface area (Å²) < 4.78 is 0. The van der Waals surface area contributed by atoms with Crippen LogP contribution in [0.15, 0.2) is 30.3 Å². The Morgan fingerprint density at radius 3 is 2.00 bits per heavy atom. The molecule has 5 atom stereocenters. The number of hydrogen-bond acceptors (Lipinski definition) is 7. The van der Waals surface area contributed by atoms with Crippen molar-refractivity contribution in [3.05, 3.63) is 35.9 Å². The molecular weight excluding hydrogens is 486 g/mol. The van der Waals surface area contributed by atoms with E-state index in [4.69, 9.17) is 16.6 Å². The van der Waals surface area contributed by atoms with Crippen molar-refractivity contribution in [2.24, 2.45) is 17.4 Å². The van der Waals surface area contributed by atoms with Gasteiger partial charge in [0.15, 0.2) is 0 Å². The Kier molecular flexibility index (Phi) is 12.7. The quantitative estimate of drug-likeness (QED) is 0.139. The van der Waals surface area contributed by atoms with Crippen LogP contribution in [0.5, 0.6) is 0 Å². The normalized spacial score (nSPS) is 14.8. The van der Waals surface area contributed by atoms with Crippen LogP contribution < -0.4 is 27.4 Å². The summed E-state index contributed by atoms with van der Waals surface area (Å²) in [5, 5.41) is 25.2. The Morgan fingerprint density at radius 1 is 0.892 bits per heavy atom. The first-order chi connectivity index (χ1) is 17.3. The van der Waals surface area contributed by atoms with Crippen molar-refractivity contribution in [2.45, 2.75) is 70.1 Å². The fraction of sp³-hybridized carbons (Fsp3) is 0.500. The molecule has 0 fully saturated rings. The minimum atomic E-state index is -1.50. The molecule has 204 valence electrons. The molecule has 13 heteroatoms. The van der Waals surface area contributed by atoms with E-state index < -0.39 is 78.5 Å². The second kappa shape index (κ2) is 15.2. The number of nitrogens with two attached hydrogens (primary N) is 2. The third-order valence-electron chi connectivity index (χ3n) is 5.73. The van der Waals surface area contributed by atoms with Gasteiger partial charge in [0.25, 0.3) is 0 Å². The molecule has 0 aliphatic heterocycles. The molecule has 9 N–H and O–H groups in total. The highest BCUT2D eigenvalue weighted by atomic mass is 16.4. The van der Waals surface area contributed by atoms with E-state index in [1.165, 1.54) is 0 Å². The van der Waals surface area contributed by atoms with Crippen molar-refractivity contribution in [3.63, 3.8) is 0 Å². The van der Waals surface area contributed by atoms with Crippen molar-refractivity contribution in [2.75, 3.05) is 0 Å². The second-order valence-electron chi connectivity index (χ2n) is 8.73. The molecule has 0 bridgehead atoms. The summed E-state index contributed by atoms with van der Waals surface area (Å²) in [6.45, 7) is 3.37. The fourth-order valence-electron chi connectivity index (χ4n) is 3.39. The lowest BCUT2D eigenvalue weighted by molar-refractivity contribution is -0.144. The van der Waals surface area contributed by atoms with Gasteiger partial charge in [-0.15, -0.1) is 0 Å². The third kappa shape index (κ3) is 11.1. The van der Waals surface area contributed by atoms with Gasteiger partial charge in [-0.1, -0.05) is 50.6 Å². The van der Waals surface area contributed by atoms with E-state index in [0.717, 1.165) is 5.56 Å². The molecule has 0 spiro atoms. The summed E-state index contributed by atoms with van der Waals surface area (Å²) in [5.41, 5.74) is 12.0. The highest BCUT2D eigenvalue weighted by Crippen LogP contribution is 2.11. The maximum absolute atomic E-state index is 13.0. The lowest BCUT2D eigenvalue weighted by atomic mass is 9.97. The molecule has 1 aromatic carbocycles. The number of carbonyl (C=O) groups is 6. The van der Waals surface area contributed by atoms with Crippen molar-refractivity contribution in [3.8, 4) is 0 Å². The Bertz CT molecular complexity index is 971. The number of carboxylic acid groups (broad SMARTS) is 2. The number of primary amides is 1. The van der Waals surface area contributed by atoms with Gasteiger partial charge in [0.2, 0.25) is 23.6 Å². The molecule has 5 unspecified atom stereocenters. The third-order valence-corrected chi connectivity index (χ3v) is 5.73. The van der Waals surface area contributed by atoms with Crippen LogP contribution in [0.25, 0.3) is 0 Å². The highest BCUT2D eigenvalue weighted by Gasteiger charge is 2.33. The zero-order valence-corrected chi connectivity index (χ0v) is 20.8. The topological polar surface area (TPSA) is 231 Å². The molecule has 0 saturated heterocycles. The van der Waals surface area contributed by atoms with E-state index in [-0.39, 0.29) is 12.8 Å². The largest absolute Gasteiger partial charge is 0.481 e. The zero-order valence-electron chi connectivity index (χ0n) is 20.8. The summed E-state index contributed by atoms with van der Waals surface area (Å²) in [4.78, 5) is 72.4. The molecular formula is C24H35N5O8. The number of aliphatic carboxylic acids is 2. The van der Waals surface area contributed by atoms with Gasteiger partial charge in [-0.25, -0.2) is 4.79 Å². The molecule has 1 aromatic rings. The van der Waals surface area contributed by atoms with E-state index in [1.54, 1.807) is 44.2 Å². The number of hydrogen-bond donors (Lipinski definition) is 7. The van der Waals surface area contributed by atoms with Gasteiger partial charge in [0.05, 0.1) is 12.5 Å². The molecule has 0 radical (unpaired) electrons. The van der Waals surface area contributed by atoms with Gasteiger partial charge in [-0.3, -0.25) is 24.0 Å². The maximum Gasteiger partial charge on any atom is 0.326 e. The van der Waals surface area contributed by atoms with Gasteiger partial charge < -0.3 is 37.6 Å². The first-order valence-corrected chi connectivity index (χ1v) is 11.8. The van der Waals surface area contributed by atoms with Crippen LogP contribution in [0.4, 0.5) is 0 Å². The Balaban J connectivity index is 2.99. The van der Waals surface area contributed by atoms with E-state index >= 15 is 0 Å². The van der Waals surface area contributed by atoms with Gasteiger partial charge in [0.1, 0.15) is 18.1 Å². The van der Waals surface area contributed by atoms with Gasteiger partial charge in [-0.2, -0.15) is 0 Å². The fourth-order valence-corrected chi connectivity index (χ4v) is 3.39. The monoisotopic (exact) mass is 521 g/mol. The number of carboxylic acids is 2. The van der Waals surface area contributed by atoms with Crippen LogP contribution in [0.1, 0.15) is 45.1 Å². The number of rotatable bonds is 16. The van der Waals surface area contributed by atoms with Crippen molar-refractivity contribution in [1.29, 1.82) is 0 Å². The Hall–Kier alpha value is -4.00. The number of amides is 4. The standard InChI is InChI=1S/C24H35N5O8/c1-3-13(2)20(23(35)27-16(24(36)37)9-10-19(31)32)29-22(34)17(12-18(26)30)28-21(33)15(25)11-14-7-5-4-6-8-14/h4-8,13,15-17,20H,3,9-12,25H2,1-2H3,(H2,26,30)(H,27,35)(H,28,33)(H,29,34)(H,31,32)(H,36,37). The van der Waals surface area contributed by atoms with Crippen LogP contribution in [0, 0.1) is 5.92 Å². The minimum Gasteiger partial charge on any atom is -0.481 e. The molecule has 4 amide bonds. The lowest BCUT2D eigenvalue weighted by Gasteiger charge is -2.27. The predicted molar refractivity (Wildman–Crippen MR) is 132 cm³/mol. The van der Waals surface area contributed by atoms with Gasteiger partial charge >= 0.3 is 11.9 Å². The molecule has 13 nitrogen and oxygen atoms in total. The highest BCUT2D eigenvalue weighted by molar-refractivity contribution is 5.96. The molecule has 0 heterocycles. The molecule has 0 aromatic heterocycles. The summed E-state index contributed by atoms with van der Waals surface area (Å²) in [5.74, 6) is -6.50. The van der Waals surface area contributed by atoms with E-state index in [1.807, 2.05) is 0 Å². The summed E-state index contributed by atoms with van der Waals surface area (Å²) in [7, 11) is 0. The first-order valence-electron chi connectivity index (χ1n) is 11.8. The summed E-state index contributed by atoms with van der Waals surface area (Å²) >= 11 is 0. The maximum atomic E-state index is 13.0. The van der Waals surface area contributed by atoms with Crippen molar-refractivity contribution >= 4 is 35.6 Å². The predicted octanol–water partition coefficient (Wildman–Crippen LogP) is -1.12. The molecule has 0 saturated carbocycles. The minimum absolute atomic E-state index is 0.169. The number of carbonyl (C=O) groups excluding carboxylic acids is 4. The lowest BCUT2D eigenvalue weighted by Crippen LogP contribution is -2.59. The number of nitrogens with one attached hydrogen (secondary N) is 3. The average Bonchev–Trinajstić information content (AvgIpc) is 2.83. The zero-order chi connectivity index (χ0) is 28.1. The van der Waals surface area contributed by atoms with Crippen LogP contribution in [0.2, 0.25) is 0 Å². The molecule has 37 heavy (non-hydrogen) atoms. The second-order valence-corrected chi connectivity index (χ2v) is 8.73. The van der Waals surface area contributed by atoms with Gasteiger partial charge in [-0.05, 0) is 24.3 Å². The van der Waals surface area contributed by atoms with E-state index in [2.05, 4.69) is 16.0 Å². The first kappa shape index (κ1) is 31.0. The van der Waals surface area contributed by atoms with Crippen molar-refractivity contribution < 1.29 is 39.0 Å².